The summed E-state index contributed by atoms with van der Waals surface area (Å²) in [4.78, 5) is 39.4. The van der Waals surface area contributed by atoms with Gasteiger partial charge in [0.25, 0.3) is 11.8 Å². The van der Waals surface area contributed by atoms with Crippen molar-refractivity contribution < 1.29 is 14.4 Å². The van der Waals surface area contributed by atoms with Gasteiger partial charge in [-0.3, -0.25) is 14.4 Å². The lowest BCUT2D eigenvalue weighted by atomic mass is 10.1. The lowest BCUT2D eigenvalue weighted by Crippen LogP contribution is -2.34. The van der Waals surface area contributed by atoms with Crippen LogP contribution in [0, 0.1) is 5.92 Å². The molecule has 1 saturated heterocycles. The third-order valence-corrected chi connectivity index (χ3v) is 4.40. The van der Waals surface area contributed by atoms with Crippen LogP contribution >= 0.6 is 23.2 Å². The van der Waals surface area contributed by atoms with Crippen LogP contribution in [0.2, 0.25) is 10.0 Å². The van der Waals surface area contributed by atoms with Crippen LogP contribution < -0.4 is 21.7 Å². The predicted molar refractivity (Wildman–Crippen MR) is 111 cm³/mol. The Morgan fingerprint density at radius 3 is 2.07 bits per heavy atom. The predicted octanol–water partition coefficient (Wildman–Crippen LogP) is 1.75. The van der Waals surface area contributed by atoms with Crippen molar-refractivity contribution in [3.63, 3.8) is 0 Å². The highest BCUT2D eigenvalue weighted by atomic mass is 35.5. The molecule has 3 amide bonds. The first-order valence-corrected chi connectivity index (χ1v) is 8.90. The van der Waals surface area contributed by atoms with Crippen LogP contribution in [0.4, 0.5) is 11.4 Å². The maximum atomic E-state index is 12.9. The van der Waals surface area contributed by atoms with E-state index in [4.69, 9.17) is 34.7 Å². The molecule has 1 atom stereocenters. The molecular weight excluding hydrogens is 419 g/mol. The Bertz CT molecular complexity index is 1030. The van der Waals surface area contributed by atoms with E-state index in [9.17, 15) is 14.4 Å². The number of nitrogens with one attached hydrogen (secondary N) is 1. The van der Waals surface area contributed by atoms with E-state index < -0.39 is 35.3 Å². The van der Waals surface area contributed by atoms with Crippen LogP contribution in [0.25, 0.3) is 0 Å². The normalized spacial score (nSPS) is 17.5. The Hall–Kier alpha value is -3.43. The van der Waals surface area contributed by atoms with Gasteiger partial charge in [0.15, 0.2) is 11.6 Å². The summed E-state index contributed by atoms with van der Waals surface area (Å²) >= 11 is 11.7. The third-order valence-electron chi connectivity index (χ3n) is 3.89. The van der Waals surface area contributed by atoms with Gasteiger partial charge in [-0.25, -0.2) is 4.90 Å². The lowest BCUT2D eigenvalue weighted by Gasteiger charge is -2.14. The maximum Gasteiger partial charge on any atom is 0.282 e. The highest BCUT2D eigenvalue weighted by Crippen LogP contribution is 2.27. The summed E-state index contributed by atoms with van der Waals surface area (Å²) in [5.74, 6) is -4.37. The molecule has 2 aromatic carbocycles. The highest BCUT2D eigenvalue weighted by molar-refractivity contribution is 6.61. The number of hydrogen-bond acceptors (Lipinski definition) is 5. The highest BCUT2D eigenvalue weighted by Gasteiger charge is 2.50. The number of hydrogen-bond donors (Lipinski definition) is 3. The molecule has 0 bridgehead atoms. The number of halogens is 2. The van der Waals surface area contributed by atoms with E-state index in [-0.39, 0.29) is 5.69 Å². The second-order valence-electron chi connectivity index (χ2n) is 5.89. The van der Waals surface area contributed by atoms with Gasteiger partial charge in [0.1, 0.15) is 0 Å². The van der Waals surface area contributed by atoms with Crippen molar-refractivity contribution in [1.29, 1.82) is 0 Å². The zero-order valence-corrected chi connectivity index (χ0v) is 16.2. The Kier molecular flexibility index (Phi) is 5.81. The van der Waals surface area contributed by atoms with Crippen LogP contribution in [0.3, 0.4) is 0 Å². The van der Waals surface area contributed by atoms with E-state index in [0.29, 0.717) is 15.7 Å². The number of amides is 3. The molecule has 1 fully saturated rings. The fourth-order valence-electron chi connectivity index (χ4n) is 2.61. The second kappa shape index (κ2) is 8.29. The first-order valence-electron chi connectivity index (χ1n) is 8.14. The van der Waals surface area contributed by atoms with Gasteiger partial charge in [0, 0.05) is 15.7 Å². The molecule has 3 rings (SSSR count). The van der Waals surface area contributed by atoms with Gasteiger partial charge >= 0.3 is 0 Å². The van der Waals surface area contributed by atoms with Crippen LogP contribution in [0.5, 0.6) is 0 Å². The summed E-state index contributed by atoms with van der Waals surface area (Å²) in [6, 6.07) is 12.2. The van der Waals surface area contributed by atoms with Crippen molar-refractivity contribution in [2.45, 2.75) is 0 Å². The van der Waals surface area contributed by atoms with Gasteiger partial charge in [-0.1, -0.05) is 23.2 Å². The molecule has 0 unspecified atom stereocenters. The van der Waals surface area contributed by atoms with Crippen molar-refractivity contribution in [3.05, 3.63) is 58.6 Å². The minimum absolute atomic E-state index is 0.226. The Morgan fingerprint density at radius 1 is 0.966 bits per heavy atom. The summed E-state index contributed by atoms with van der Waals surface area (Å²) in [5, 5.41) is 10.5. The molecule has 0 radical (unpaired) electrons. The Balaban J connectivity index is 1.98. The van der Waals surface area contributed by atoms with Gasteiger partial charge in [0.2, 0.25) is 11.9 Å². The van der Waals surface area contributed by atoms with Gasteiger partial charge in [-0.05, 0) is 48.5 Å². The fourth-order valence-corrected chi connectivity index (χ4v) is 2.87. The molecule has 29 heavy (non-hydrogen) atoms. The van der Waals surface area contributed by atoms with Gasteiger partial charge in [-0.15, -0.1) is 10.2 Å². The van der Waals surface area contributed by atoms with E-state index in [2.05, 4.69) is 15.5 Å². The van der Waals surface area contributed by atoms with Crippen molar-refractivity contribution >= 4 is 64.0 Å². The number of rotatable bonds is 4. The van der Waals surface area contributed by atoms with Crippen LogP contribution in [-0.4, -0.2) is 29.4 Å². The molecule has 9 nitrogen and oxygen atoms in total. The topological polar surface area (TPSA) is 143 Å². The van der Waals surface area contributed by atoms with E-state index in [0.717, 1.165) is 4.90 Å². The first-order chi connectivity index (χ1) is 13.8. The van der Waals surface area contributed by atoms with E-state index in [1.165, 1.54) is 24.3 Å². The molecule has 5 N–H and O–H groups in total. The molecule has 11 heteroatoms. The van der Waals surface area contributed by atoms with Crippen LogP contribution in [0.1, 0.15) is 0 Å². The smallest absolute Gasteiger partial charge is 0.282 e. The molecule has 0 aromatic heterocycles. The molecule has 0 saturated carbocycles. The summed E-state index contributed by atoms with van der Waals surface area (Å²) < 4.78 is 0. The van der Waals surface area contributed by atoms with E-state index >= 15 is 0 Å². The SMILES string of the molecule is NC(N)=N/N=C1/C(=O)N(c2ccc(Cl)cc2)C(=O)[C@H]1C(=O)Nc1ccc(Cl)cc1. The summed E-state index contributed by atoms with van der Waals surface area (Å²) in [6.07, 6.45) is 0. The van der Waals surface area contributed by atoms with Gasteiger partial charge in [0.05, 0.1) is 5.69 Å². The van der Waals surface area contributed by atoms with Crippen LogP contribution in [-0.2, 0) is 14.4 Å². The quantitative estimate of drug-likeness (QED) is 0.221. The summed E-state index contributed by atoms with van der Waals surface area (Å²) in [6.45, 7) is 0. The number of nitrogens with zero attached hydrogens (tertiary/aromatic N) is 3. The number of carbonyl (C=O) groups excluding carboxylic acids is 3. The molecule has 0 spiro atoms. The van der Waals surface area contributed by atoms with Crippen LogP contribution in [0.15, 0.2) is 58.7 Å². The van der Waals surface area contributed by atoms with Crippen molar-refractivity contribution in [3.8, 4) is 0 Å². The molecular formula is C18H14Cl2N6O3. The summed E-state index contributed by atoms with van der Waals surface area (Å²) in [5.41, 5.74) is 10.7. The van der Waals surface area contributed by atoms with Gasteiger partial charge in [-0.2, -0.15) is 0 Å². The minimum atomic E-state index is -1.54. The molecule has 1 heterocycles. The van der Waals surface area contributed by atoms with Crippen molar-refractivity contribution in [2.75, 3.05) is 10.2 Å². The first kappa shape index (κ1) is 20.3. The standard InChI is InChI=1S/C18H14Cl2N6O3/c19-9-1-5-11(6-2-9)23-15(27)13-14(24-25-18(21)22)17(29)26(16(13)28)12-7-3-10(20)4-8-12/h1-8,13H,(H,23,27)(H4,21,22,25)/b24-14+/t13-/m1/s1. The number of carbonyl (C=O) groups is 3. The number of anilines is 2. The lowest BCUT2D eigenvalue weighted by molar-refractivity contribution is -0.127. The van der Waals surface area contributed by atoms with Gasteiger partial charge < -0.3 is 16.8 Å². The number of guanidine groups is 1. The van der Waals surface area contributed by atoms with Crippen molar-refractivity contribution in [1.82, 2.24) is 0 Å². The number of benzene rings is 2. The monoisotopic (exact) mass is 432 g/mol. The number of imide groups is 1. The largest absolute Gasteiger partial charge is 0.369 e. The van der Waals surface area contributed by atoms with E-state index in [1.54, 1.807) is 24.3 Å². The molecule has 148 valence electrons. The average molecular weight is 433 g/mol. The molecule has 1 aliphatic rings. The second-order valence-corrected chi connectivity index (χ2v) is 6.77. The molecule has 1 aliphatic heterocycles. The molecule has 0 aliphatic carbocycles. The summed E-state index contributed by atoms with van der Waals surface area (Å²) in [7, 11) is 0. The molecule has 2 aromatic rings. The fraction of sp³-hybridized carbons (Fsp3) is 0.0556. The van der Waals surface area contributed by atoms with E-state index in [1.807, 2.05) is 0 Å². The van der Waals surface area contributed by atoms with Crippen molar-refractivity contribution in [2.24, 2.45) is 27.6 Å². The number of nitrogens with two attached hydrogens (primary N) is 2. The Morgan fingerprint density at radius 2 is 1.52 bits per heavy atom. The third kappa shape index (κ3) is 4.36. The average Bonchev–Trinajstić information content (AvgIpc) is 2.92. The minimum Gasteiger partial charge on any atom is -0.369 e. The zero-order chi connectivity index (χ0) is 21.1. The Labute approximate surface area is 175 Å². The maximum absolute atomic E-state index is 12.9. The zero-order valence-electron chi connectivity index (χ0n) is 14.7.